The third-order valence-corrected chi connectivity index (χ3v) is 6.83. The Bertz CT molecular complexity index is 994. The van der Waals surface area contributed by atoms with Gasteiger partial charge in [-0.05, 0) is 30.7 Å². The summed E-state index contributed by atoms with van der Waals surface area (Å²) in [6.07, 6.45) is 2.36. The van der Waals surface area contributed by atoms with Crippen molar-refractivity contribution < 1.29 is 9.53 Å². The zero-order valence-corrected chi connectivity index (χ0v) is 18.3. The number of ether oxygens (including phenoxy) is 1. The smallest absolute Gasteiger partial charge is 0.219 e. The minimum absolute atomic E-state index is 0.127. The van der Waals surface area contributed by atoms with Gasteiger partial charge in [-0.1, -0.05) is 45.8 Å². The van der Waals surface area contributed by atoms with E-state index in [1.807, 2.05) is 11.0 Å². The van der Waals surface area contributed by atoms with Gasteiger partial charge in [-0.15, -0.1) is 0 Å². The average molecular weight is 454 g/mol. The summed E-state index contributed by atoms with van der Waals surface area (Å²) < 4.78 is 7.67. The van der Waals surface area contributed by atoms with Gasteiger partial charge in [-0.25, -0.2) is 5.01 Å². The van der Waals surface area contributed by atoms with Crippen molar-refractivity contribution in [2.75, 3.05) is 13.1 Å². The molecule has 0 aromatic heterocycles. The first-order valence-electron chi connectivity index (χ1n) is 10.1. The molecule has 0 unspecified atom stereocenters. The number of fused-ring (bicyclic) bond motifs is 4. The summed E-state index contributed by atoms with van der Waals surface area (Å²) in [5, 5.41) is 7.28. The number of likely N-dealkylation sites (tertiary alicyclic amines) is 1. The summed E-state index contributed by atoms with van der Waals surface area (Å²) in [6.45, 7) is 5.13. The molecule has 0 radical (unpaired) electrons. The second-order valence-electron chi connectivity index (χ2n) is 8.21. The Balaban J connectivity index is 1.55. The minimum Gasteiger partial charge on any atom is -0.466 e. The number of rotatable bonds is 1. The molecule has 3 heterocycles. The summed E-state index contributed by atoms with van der Waals surface area (Å²) in [5.74, 6) is 1.06. The lowest BCUT2D eigenvalue weighted by atomic mass is 9.90. The second kappa shape index (κ2) is 6.87. The molecule has 1 amide bonds. The fourth-order valence-electron chi connectivity index (χ4n) is 4.67. The van der Waals surface area contributed by atoms with Crippen LogP contribution in [0.4, 0.5) is 0 Å². The van der Waals surface area contributed by atoms with Crippen LogP contribution in [0.25, 0.3) is 0 Å². The summed E-state index contributed by atoms with van der Waals surface area (Å²) in [6, 6.07) is 15.0. The molecule has 1 atom stereocenters. The summed E-state index contributed by atoms with van der Waals surface area (Å²) in [7, 11) is 0. The third-order valence-electron chi connectivity index (χ3n) is 6.33. The predicted octanol–water partition coefficient (Wildman–Crippen LogP) is 4.64. The van der Waals surface area contributed by atoms with Gasteiger partial charge < -0.3 is 9.64 Å². The predicted molar refractivity (Wildman–Crippen MR) is 116 cm³/mol. The molecule has 0 saturated carbocycles. The average Bonchev–Trinajstić information content (AvgIpc) is 3.16. The molecule has 3 aliphatic rings. The van der Waals surface area contributed by atoms with Crippen molar-refractivity contribution in [1.29, 1.82) is 0 Å². The highest BCUT2D eigenvalue weighted by atomic mass is 79.9. The highest BCUT2D eigenvalue weighted by Crippen LogP contribution is 2.50. The first kappa shape index (κ1) is 18.7. The monoisotopic (exact) mass is 453 g/mol. The quantitative estimate of drug-likeness (QED) is 0.631. The molecular formula is C23H24BrN3O2. The highest BCUT2D eigenvalue weighted by Gasteiger charge is 2.52. The summed E-state index contributed by atoms with van der Waals surface area (Å²) >= 11 is 3.61. The summed E-state index contributed by atoms with van der Waals surface area (Å²) in [5.41, 5.74) is 4.18. The number of hydrazone groups is 1. The Morgan fingerprint density at radius 2 is 1.90 bits per heavy atom. The van der Waals surface area contributed by atoms with Gasteiger partial charge in [0.1, 0.15) is 5.75 Å². The van der Waals surface area contributed by atoms with Crippen LogP contribution in [-0.2, 0) is 4.79 Å². The van der Waals surface area contributed by atoms with Crippen LogP contribution >= 0.6 is 15.9 Å². The van der Waals surface area contributed by atoms with Gasteiger partial charge in [0.05, 0.1) is 11.8 Å². The summed E-state index contributed by atoms with van der Waals surface area (Å²) in [4.78, 5) is 13.7. The standard InChI is InChI=1S/C23H24BrN3O2/c1-15-3-5-17(6-4-15)20-14-21-19-13-18(24)7-8-22(19)29-23(27(21)25-20)9-11-26(12-10-23)16(2)28/h3-8,13,21H,9-12,14H2,1-2H3/t21-/m0/s1. The maximum atomic E-state index is 11.8. The number of halogens is 1. The molecule has 6 heteroatoms. The molecule has 29 heavy (non-hydrogen) atoms. The van der Waals surface area contributed by atoms with E-state index >= 15 is 0 Å². The Kier molecular flexibility index (Phi) is 4.42. The number of aryl methyl sites for hydroxylation is 1. The van der Waals surface area contributed by atoms with Gasteiger partial charge in [-0.2, -0.15) is 5.10 Å². The molecule has 150 valence electrons. The van der Waals surface area contributed by atoms with E-state index < -0.39 is 5.72 Å². The van der Waals surface area contributed by atoms with Crippen molar-refractivity contribution in [2.45, 2.75) is 44.9 Å². The number of piperidine rings is 1. The van der Waals surface area contributed by atoms with Crippen LogP contribution in [0, 0.1) is 6.92 Å². The Hall–Kier alpha value is -2.34. The topological polar surface area (TPSA) is 45.1 Å². The van der Waals surface area contributed by atoms with E-state index in [9.17, 15) is 4.79 Å². The van der Waals surface area contributed by atoms with Crippen molar-refractivity contribution in [2.24, 2.45) is 5.10 Å². The molecule has 0 bridgehead atoms. The lowest BCUT2D eigenvalue weighted by molar-refractivity contribution is -0.158. The van der Waals surface area contributed by atoms with E-state index in [0.717, 1.165) is 40.8 Å². The normalized spacial score (nSPS) is 22.0. The molecule has 3 aliphatic heterocycles. The van der Waals surface area contributed by atoms with Gasteiger partial charge in [0, 0.05) is 49.3 Å². The third kappa shape index (κ3) is 3.14. The highest BCUT2D eigenvalue weighted by molar-refractivity contribution is 9.10. The van der Waals surface area contributed by atoms with Crippen molar-refractivity contribution in [3.05, 3.63) is 63.6 Å². The van der Waals surface area contributed by atoms with Gasteiger partial charge in [-0.3, -0.25) is 4.79 Å². The zero-order valence-electron chi connectivity index (χ0n) is 16.7. The Morgan fingerprint density at radius 3 is 2.59 bits per heavy atom. The molecule has 1 saturated heterocycles. The van der Waals surface area contributed by atoms with Gasteiger partial charge >= 0.3 is 0 Å². The molecule has 0 aliphatic carbocycles. The number of hydrogen-bond acceptors (Lipinski definition) is 4. The largest absolute Gasteiger partial charge is 0.466 e. The minimum atomic E-state index is -0.496. The van der Waals surface area contributed by atoms with E-state index in [1.54, 1.807) is 6.92 Å². The van der Waals surface area contributed by atoms with Crippen LogP contribution in [0.3, 0.4) is 0 Å². The first-order chi connectivity index (χ1) is 13.9. The number of amides is 1. The lowest BCUT2D eigenvalue weighted by Crippen LogP contribution is -2.59. The molecule has 2 aromatic carbocycles. The van der Waals surface area contributed by atoms with Crippen LogP contribution < -0.4 is 4.74 Å². The van der Waals surface area contributed by atoms with Gasteiger partial charge in [0.25, 0.3) is 0 Å². The van der Waals surface area contributed by atoms with E-state index in [2.05, 4.69) is 64.3 Å². The number of hydrogen-bond donors (Lipinski definition) is 0. The van der Waals surface area contributed by atoms with Crippen molar-refractivity contribution in [1.82, 2.24) is 9.91 Å². The molecule has 0 N–H and O–H groups in total. The number of carbonyl (C=O) groups is 1. The molecule has 5 rings (SSSR count). The van der Waals surface area contributed by atoms with Crippen LogP contribution in [-0.4, -0.2) is 40.3 Å². The van der Waals surface area contributed by atoms with E-state index in [4.69, 9.17) is 9.84 Å². The van der Waals surface area contributed by atoms with Gasteiger partial charge in [0.2, 0.25) is 11.6 Å². The van der Waals surface area contributed by atoms with Crippen molar-refractivity contribution >= 4 is 27.5 Å². The fourth-order valence-corrected chi connectivity index (χ4v) is 5.05. The van der Waals surface area contributed by atoms with E-state index in [1.165, 1.54) is 11.1 Å². The number of nitrogens with zero attached hydrogens (tertiary/aromatic N) is 3. The maximum Gasteiger partial charge on any atom is 0.219 e. The van der Waals surface area contributed by atoms with Crippen molar-refractivity contribution in [3.63, 3.8) is 0 Å². The van der Waals surface area contributed by atoms with Gasteiger partial charge in [0.15, 0.2) is 0 Å². The van der Waals surface area contributed by atoms with Crippen LogP contribution in [0.2, 0.25) is 0 Å². The first-order valence-corrected chi connectivity index (χ1v) is 10.9. The lowest BCUT2D eigenvalue weighted by Gasteiger charge is -2.51. The van der Waals surface area contributed by atoms with Crippen molar-refractivity contribution in [3.8, 4) is 5.75 Å². The molecule has 1 fully saturated rings. The van der Waals surface area contributed by atoms with Crippen LogP contribution in [0.1, 0.15) is 48.9 Å². The molecule has 1 spiro atoms. The Labute approximate surface area is 179 Å². The number of benzene rings is 2. The number of carbonyl (C=O) groups excluding carboxylic acids is 1. The Morgan fingerprint density at radius 1 is 1.17 bits per heavy atom. The second-order valence-corrected chi connectivity index (χ2v) is 9.13. The molecule has 5 nitrogen and oxygen atoms in total. The van der Waals surface area contributed by atoms with E-state index in [-0.39, 0.29) is 11.9 Å². The molecule has 2 aromatic rings. The SMILES string of the molecule is CC(=O)N1CCC2(CC1)Oc1ccc(Br)cc1[C@@H]1CC(c3ccc(C)cc3)=NN12. The fraction of sp³-hybridized carbons (Fsp3) is 0.391. The van der Waals surface area contributed by atoms with E-state index in [0.29, 0.717) is 13.1 Å². The van der Waals surface area contributed by atoms with Crippen LogP contribution in [0.5, 0.6) is 5.75 Å². The van der Waals surface area contributed by atoms with Crippen LogP contribution in [0.15, 0.2) is 52.0 Å². The zero-order chi connectivity index (χ0) is 20.2. The molecular weight excluding hydrogens is 430 g/mol. The maximum absolute atomic E-state index is 11.8.